The minimum Gasteiger partial charge on any atom is -0.0619 e. The zero-order valence-corrected chi connectivity index (χ0v) is 13.8. The molecule has 3 aromatic carbocycles. The summed E-state index contributed by atoms with van der Waals surface area (Å²) in [5.41, 5.74) is 7.18. The van der Waals surface area contributed by atoms with Gasteiger partial charge >= 0.3 is 0 Å². The van der Waals surface area contributed by atoms with Gasteiger partial charge in [0.1, 0.15) is 0 Å². The molecule has 0 fully saturated rings. The third kappa shape index (κ3) is 1.70. The molecule has 0 aliphatic heterocycles. The lowest BCUT2D eigenvalue weighted by molar-refractivity contribution is 0.643. The van der Waals surface area contributed by atoms with Gasteiger partial charge in [0.2, 0.25) is 0 Å². The van der Waals surface area contributed by atoms with Crippen molar-refractivity contribution in [1.29, 1.82) is 0 Å². The third-order valence-corrected chi connectivity index (χ3v) is 5.23. The van der Waals surface area contributed by atoms with Gasteiger partial charge in [0.05, 0.1) is 0 Å². The quantitative estimate of drug-likeness (QED) is 0.494. The Hall–Kier alpha value is -2.08. The van der Waals surface area contributed by atoms with E-state index in [1.54, 1.807) is 0 Å². The Balaban J connectivity index is 2.20. The molecule has 1 aliphatic carbocycles. The Kier molecular flexibility index (Phi) is 2.75. The minimum absolute atomic E-state index is 0.0497. The van der Waals surface area contributed by atoms with Gasteiger partial charge in [-0.1, -0.05) is 82.3 Å². The molecule has 0 aromatic heterocycles. The minimum atomic E-state index is 0.0497. The number of benzene rings is 3. The third-order valence-electron chi connectivity index (χ3n) is 5.23. The van der Waals surface area contributed by atoms with Crippen molar-refractivity contribution in [1.82, 2.24) is 0 Å². The van der Waals surface area contributed by atoms with Gasteiger partial charge in [-0.05, 0) is 44.5 Å². The zero-order chi connectivity index (χ0) is 15.5. The number of hydrogen-bond donors (Lipinski definition) is 0. The second-order valence-electron chi connectivity index (χ2n) is 7.30. The van der Waals surface area contributed by atoms with Gasteiger partial charge in [-0.2, -0.15) is 0 Å². The second-order valence-corrected chi connectivity index (χ2v) is 7.30. The number of rotatable bonds is 1. The molecule has 0 nitrogen and oxygen atoms in total. The number of hydrogen-bond acceptors (Lipinski definition) is 0. The van der Waals surface area contributed by atoms with Crippen LogP contribution in [0.1, 0.15) is 50.3 Å². The van der Waals surface area contributed by atoms with Gasteiger partial charge in [-0.15, -0.1) is 0 Å². The first-order valence-corrected chi connectivity index (χ1v) is 8.17. The van der Waals surface area contributed by atoms with Gasteiger partial charge in [-0.3, -0.25) is 0 Å². The molecule has 0 bridgehead atoms. The SMILES string of the molecule is CC(C)c1cc2c3c(cccc3c1)-c1ccccc1C2(C)C. The van der Waals surface area contributed by atoms with Crippen LogP contribution < -0.4 is 0 Å². The monoisotopic (exact) mass is 286 g/mol. The van der Waals surface area contributed by atoms with Crippen molar-refractivity contribution in [2.45, 2.75) is 39.0 Å². The van der Waals surface area contributed by atoms with Crippen molar-refractivity contribution in [3.05, 3.63) is 71.3 Å². The van der Waals surface area contributed by atoms with Gasteiger partial charge in [0.15, 0.2) is 0 Å². The average Bonchev–Trinajstić information content (AvgIpc) is 2.52. The zero-order valence-electron chi connectivity index (χ0n) is 13.8. The van der Waals surface area contributed by atoms with E-state index in [1.165, 1.54) is 38.6 Å². The number of fused-ring (bicyclic) bond motifs is 2. The van der Waals surface area contributed by atoms with Crippen molar-refractivity contribution < 1.29 is 0 Å². The van der Waals surface area contributed by atoms with Gasteiger partial charge in [0.25, 0.3) is 0 Å². The molecule has 0 heteroatoms. The van der Waals surface area contributed by atoms with E-state index in [4.69, 9.17) is 0 Å². The molecule has 0 unspecified atom stereocenters. The van der Waals surface area contributed by atoms with Gasteiger partial charge < -0.3 is 0 Å². The molecule has 0 spiro atoms. The topological polar surface area (TPSA) is 0 Å². The first-order valence-electron chi connectivity index (χ1n) is 8.17. The van der Waals surface area contributed by atoms with Crippen molar-refractivity contribution >= 4 is 10.8 Å². The maximum absolute atomic E-state index is 2.44. The normalized spacial score (nSPS) is 15.1. The summed E-state index contributed by atoms with van der Waals surface area (Å²) in [6, 6.07) is 20.4. The van der Waals surface area contributed by atoms with Gasteiger partial charge in [0, 0.05) is 5.41 Å². The standard InChI is InChI=1S/C22H22/c1-14(2)16-12-15-8-7-10-18-17-9-5-6-11-19(17)22(3,4)20(13-16)21(15)18/h5-14H,1-4H3. The molecule has 0 heterocycles. The van der Waals surface area contributed by atoms with Crippen molar-refractivity contribution in [2.75, 3.05) is 0 Å². The van der Waals surface area contributed by atoms with E-state index in [-0.39, 0.29) is 5.41 Å². The Morgan fingerprint density at radius 3 is 2.27 bits per heavy atom. The fraction of sp³-hybridized carbons (Fsp3) is 0.273. The van der Waals surface area contributed by atoms with E-state index >= 15 is 0 Å². The highest BCUT2D eigenvalue weighted by Gasteiger charge is 2.33. The van der Waals surface area contributed by atoms with Crippen molar-refractivity contribution in [3.8, 4) is 11.1 Å². The predicted octanol–water partition coefficient (Wildman–Crippen LogP) is 6.27. The van der Waals surface area contributed by atoms with Crippen LogP contribution in [0.15, 0.2) is 54.6 Å². The van der Waals surface area contributed by atoms with E-state index in [0.717, 1.165) is 0 Å². The Bertz CT molecular complexity index is 882. The van der Waals surface area contributed by atoms with Crippen LogP contribution >= 0.6 is 0 Å². The highest BCUT2D eigenvalue weighted by atomic mass is 14.4. The van der Waals surface area contributed by atoms with Gasteiger partial charge in [-0.25, -0.2) is 0 Å². The lowest BCUT2D eigenvalue weighted by Crippen LogP contribution is -2.24. The largest absolute Gasteiger partial charge is 0.0619 e. The van der Waals surface area contributed by atoms with Crippen LogP contribution in [0.3, 0.4) is 0 Å². The highest BCUT2D eigenvalue weighted by Crippen LogP contribution is 2.49. The van der Waals surface area contributed by atoms with E-state index in [9.17, 15) is 0 Å². The van der Waals surface area contributed by atoms with E-state index in [0.29, 0.717) is 5.92 Å². The molecule has 3 aromatic rings. The molecular weight excluding hydrogens is 264 g/mol. The fourth-order valence-corrected chi connectivity index (χ4v) is 3.91. The summed E-state index contributed by atoms with van der Waals surface area (Å²) in [7, 11) is 0. The Labute approximate surface area is 132 Å². The summed E-state index contributed by atoms with van der Waals surface area (Å²) in [4.78, 5) is 0. The average molecular weight is 286 g/mol. The summed E-state index contributed by atoms with van der Waals surface area (Å²) in [6.07, 6.45) is 0. The second kappa shape index (κ2) is 4.46. The highest BCUT2D eigenvalue weighted by molar-refractivity contribution is 6.03. The molecule has 0 saturated carbocycles. The Morgan fingerprint density at radius 2 is 1.50 bits per heavy atom. The molecular formula is C22H22. The van der Waals surface area contributed by atoms with Crippen LogP contribution in [0.2, 0.25) is 0 Å². The molecule has 0 saturated heterocycles. The smallest absolute Gasteiger partial charge is 0.0159 e. The van der Waals surface area contributed by atoms with Crippen LogP contribution in [0, 0.1) is 0 Å². The predicted molar refractivity (Wildman–Crippen MR) is 95.6 cm³/mol. The summed E-state index contributed by atoms with van der Waals surface area (Å²) < 4.78 is 0. The van der Waals surface area contributed by atoms with Crippen LogP contribution in [0.25, 0.3) is 21.9 Å². The van der Waals surface area contributed by atoms with E-state index < -0.39 is 0 Å². The fourth-order valence-electron chi connectivity index (χ4n) is 3.91. The van der Waals surface area contributed by atoms with Crippen molar-refractivity contribution in [3.63, 3.8) is 0 Å². The summed E-state index contributed by atoms with van der Waals surface area (Å²) in [5.74, 6) is 0.553. The molecule has 0 atom stereocenters. The lowest BCUT2D eigenvalue weighted by atomic mass is 9.68. The molecule has 0 radical (unpaired) electrons. The first kappa shape index (κ1) is 13.6. The maximum Gasteiger partial charge on any atom is 0.0159 e. The van der Waals surface area contributed by atoms with Crippen LogP contribution in [-0.4, -0.2) is 0 Å². The molecule has 0 N–H and O–H groups in total. The first-order chi connectivity index (χ1) is 10.5. The van der Waals surface area contributed by atoms with Crippen molar-refractivity contribution in [2.24, 2.45) is 0 Å². The maximum atomic E-state index is 2.44. The molecule has 4 rings (SSSR count). The molecule has 1 aliphatic rings. The van der Waals surface area contributed by atoms with E-state index in [2.05, 4.69) is 82.3 Å². The molecule has 0 amide bonds. The summed E-state index contributed by atoms with van der Waals surface area (Å²) >= 11 is 0. The van der Waals surface area contributed by atoms with Crippen LogP contribution in [0.4, 0.5) is 0 Å². The van der Waals surface area contributed by atoms with E-state index in [1.807, 2.05) is 0 Å². The summed E-state index contributed by atoms with van der Waals surface area (Å²) in [5, 5.41) is 2.82. The lowest BCUT2D eigenvalue weighted by Gasteiger charge is -2.35. The van der Waals surface area contributed by atoms with Crippen LogP contribution in [-0.2, 0) is 5.41 Å². The Morgan fingerprint density at radius 1 is 0.773 bits per heavy atom. The summed E-state index contributed by atoms with van der Waals surface area (Å²) in [6.45, 7) is 9.28. The molecule has 22 heavy (non-hydrogen) atoms. The molecule has 110 valence electrons. The van der Waals surface area contributed by atoms with Crippen LogP contribution in [0.5, 0.6) is 0 Å².